The summed E-state index contributed by atoms with van der Waals surface area (Å²) in [7, 11) is 1.97. The molecule has 0 fully saturated rings. The summed E-state index contributed by atoms with van der Waals surface area (Å²) in [5.41, 5.74) is 3.24. The summed E-state index contributed by atoms with van der Waals surface area (Å²) < 4.78 is 0. The van der Waals surface area contributed by atoms with E-state index >= 15 is 0 Å². The van der Waals surface area contributed by atoms with Crippen LogP contribution in [0.15, 0.2) is 42.6 Å². The second kappa shape index (κ2) is 5.52. The predicted octanol–water partition coefficient (Wildman–Crippen LogP) is 2.72. The van der Waals surface area contributed by atoms with E-state index in [9.17, 15) is 4.79 Å². The first-order chi connectivity index (χ1) is 9.08. The van der Waals surface area contributed by atoms with Gasteiger partial charge in [0.15, 0.2) is 0 Å². The fourth-order valence-corrected chi connectivity index (χ4v) is 2.04. The molecule has 1 heterocycles. The quantitative estimate of drug-likeness (QED) is 0.913. The lowest BCUT2D eigenvalue weighted by Crippen LogP contribution is -2.18. The molecule has 2 aromatic rings. The lowest BCUT2D eigenvalue weighted by Gasteiger charge is -2.21. The molecular weight excluding hydrogens is 240 g/mol. The maximum Gasteiger partial charge on any atom is 0.335 e. The lowest BCUT2D eigenvalue weighted by molar-refractivity contribution is 0.0697. The van der Waals surface area contributed by atoms with Crippen molar-refractivity contribution in [2.45, 2.75) is 13.5 Å². The molecule has 0 aliphatic heterocycles. The monoisotopic (exact) mass is 256 g/mol. The van der Waals surface area contributed by atoms with Gasteiger partial charge in [-0.1, -0.05) is 6.07 Å². The number of carboxylic acids is 1. The number of aryl methyl sites for hydroxylation is 1. The third-order valence-corrected chi connectivity index (χ3v) is 2.98. The fraction of sp³-hybridized carbons (Fsp3) is 0.200. The average Bonchev–Trinajstić information content (AvgIpc) is 2.39. The topological polar surface area (TPSA) is 53.4 Å². The fourth-order valence-electron chi connectivity index (χ4n) is 2.04. The molecule has 2 rings (SSSR count). The Bertz CT molecular complexity index is 582. The number of nitrogens with zero attached hydrogens (tertiary/aromatic N) is 2. The number of rotatable bonds is 4. The third-order valence-electron chi connectivity index (χ3n) is 2.98. The molecular formula is C15H16N2O2. The molecule has 0 spiro atoms. The first-order valence-electron chi connectivity index (χ1n) is 6.03. The molecule has 0 aliphatic carbocycles. The van der Waals surface area contributed by atoms with Crippen molar-refractivity contribution in [3.63, 3.8) is 0 Å². The maximum atomic E-state index is 10.9. The van der Waals surface area contributed by atoms with E-state index < -0.39 is 5.97 Å². The van der Waals surface area contributed by atoms with Gasteiger partial charge in [-0.2, -0.15) is 0 Å². The number of aromatic carboxylic acids is 1. The molecule has 0 radical (unpaired) electrons. The van der Waals surface area contributed by atoms with Crippen molar-refractivity contribution in [3.05, 3.63) is 59.4 Å². The molecule has 0 bridgehead atoms. The number of anilines is 1. The molecule has 0 atom stereocenters. The van der Waals surface area contributed by atoms with Crippen molar-refractivity contribution in [3.8, 4) is 0 Å². The number of hydrogen-bond acceptors (Lipinski definition) is 3. The van der Waals surface area contributed by atoms with Gasteiger partial charge in [0, 0.05) is 18.9 Å². The summed E-state index contributed by atoms with van der Waals surface area (Å²) >= 11 is 0. The van der Waals surface area contributed by atoms with Crippen LogP contribution in [0.5, 0.6) is 0 Å². The van der Waals surface area contributed by atoms with Gasteiger partial charge in [-0.15, -0.1) is 0 Å². The molecule has 1 aromatic heterocycles. The highest BCUT2D eigenvalue weighted by Gasteiger charge is 2.09. The van der Waals surface area contributed by atoms with Crippen LogP contribution in [0.2, 0.25) is 0 Å². The Balaban J connectivity index is 2.20. The lowest BCUT2D eigenvalue weighted by atomic mass is 10.1. The molecule has 0 saturated heterocycles. The van der Waals surface area contributed by atoms with Crippen molar-refractivity contribution in [2.24, 2.45) is 0 Å². The van der Waals surface area contributed by atoms with Crippen molar-refractivity contribution < 1.29 is 9.90 Å². The van der Waals surface area contributed by atoms with Gasteiger partial charge in [-0.05, 0) is 42.8 Å². The summed E-state index contributed by atoms with van der Waals surface area (Å²) in [5, 5.41) is 8.95. The van der Waals surface area contributed by atoms with Crippen LogP contribution in [0.25, 0.3) is 0 Å². The van der Waals surface area contributed by atoms with Gasteiger partial charge in [-0.3, -0.25) is 4.98 Å². The minimum Gasteiger partial charge on any atom is -0.478 e. The highest BCUT2D eigenvalue weighted by molar-refractivity contribution is 5.88. The number of aromatic nitrogens is 1. The molecule has 0 unspecified atom stereocenters. The molecule has 0 aliphatic rings. The van der Waals surface area contributed by atoms with Crippen LogP contribution < -0.4 is 4.90 Å². The van der Waals surface area contributed by atoms with Gasteiger partial charge < -0.3 is 10.0 Å². The number of pyridine rings is 1. The van der Waals surface area contributed by atoms with Gasteiger partial charge in [0.2, 0.25) is 0 Å². The summed E-state index contributed by atoms with van der Waals surface area (Å²) in [6.45, 7) is 2.60. The van der Waals surface area contributed by atoms with Crippen LogP contribution in [-0.4, -0.2) is 23.1 Å². The van der Waals surface area contributed by atoms with E-state index in [2.05, 4.69) is 9.88 Å². The number of carboxylic acid groups (broad SMARTS) is 1. The van der Waals surface area contributed by atoms with E-state index in [1.807, 2.05) is 38.2 Å². The van der Waals surface area contributed by atoms with E-state index in [1.54, 1.807) is 18.3 Å². The molecule has 0 saturated carbocycles. The van der Waals surface area contributed by atoms with Gasteiger partial charge in [0.1, 0.15) is 0 Å². The zero-order valence-corrected chi connectivity index (χ0v) is 11.0. The molecule has 4 heteroatoms. The van der Waals surface area contributed by atoms with E-state index in [-0.39, 0.29) is 0 Å². The highest BCUT2D eigenvalue weighted by Crippen LogP contribution is 2.21. The summed E-state index contributed by atoms with van der Waals surface area (Å²) in [5.74, 6) is -0.901. The zero-order chi connectivity index (χ0) is 13.8. The molecule has 1 aromatic carbocycles. The number of carbonyl (C=O) groups is 1. The van der Waals surface area contributed by atoms with Crippen molar-refractivity contribution in [2.75, 3.05) is 11.9 Å². The van der Waals surface area contributed by atoms with E-state index in [0.29, 0.717) is 12.1 Å². The third kappa shape index (κ3) is 3.10. The molecule has 19 heavy (non-hydrogen) atoms. The van der Waals surface area contributed by atoms with Gasteiger partial charge in [0.05, 0.1) is 17.8 Å². The minimum absolute atomic E-state index is 0.312. The summed E-state index contributed by atoms with van der Waals surface area (Å²) in [6, 6.07) is 11.0. The predicted molar refractivity (Wildman–Crippen MR) is 74.5 cm³/mol. The Morgan fingerprint density at radius 1 is 1.32 bits per heavy atom. The van der Waals surface area contributed by atoms with Crippen LogP contribution in [0.1, 0.15) is 21.6 Å². The largest absolute Gasteiger partial charge is 0.478 e. The summed E-state index contributed by atoms with van der Waals surface area (Å²) in [4.78, 5) is 17.2. The van der Waals surface area contributed by atoms with Crippen molar-refractivity contribution in [1.82, 2.24) is 4.98 Å². The van der Waals surface area contributed by atoms with Gasteiger partial charge in [0.25, 0.3) is 0 Å². The van der Waals surface area contributed by atoms with Crippen LogP contribution in [0.4, 0.5) is 5.69 Å². The Morgan fingerprint density at radius 3 is 2.68 bits per heavy atom. The first kappa shape index (κ1) is 13.1. The van der Waals surface area contributed by atoms with Crippen LogP contribution in [-0.2, 0) is 6.54 Å². The van der Waals surface area contributed by atoms with Crippen molar-refractivity contribution >= 4 is 11.7 Å². The number of benzene rings is 1. The van der Waals surface area contributed by atoms with Crippen LogP contribution in [0.3, 0.4) is 0 Å². The Hall–Kier alpha value is -2.36. The Morgan fingerprint density at radius 2 is 2.11 bits per heavy atom. The van der Waals surface area contributed by atoms with Crippen LogP contribution >= 0.6 is 0 Å². The zero-order valence-electron chi connectivity index (χ0n) is 11.0. The normalized spacial score (nSPS) is 10.2. The Labute approximate surface area is 112 Å². The van der Waals surface area contributed by atoms with Gasteiger partial charge in [-0.25, -0.2) is 4.79 Å². The molecule has 98 valence electrons. The average molecular weight is 256 g/mol. The second-order valence-corrected chi connectivity index (χ2v) is 4.48. The van der Waals surface area contributed by atoms with E-state index in [0.717, 1.165) is 16.9 Å². The van der Waals surface area contributed by atoms with E-state index in [4.69, 9.17) is 5.11 Å². The SMILES string of the molecule is Cc1cc(C(=O)O)ccc1N(C)Cc1ccccn1. The standard InChI is InChI=1S/C15H16N2O2/c1-11-9-12(15(18)19)6-7-14(11)17(2)10-13-5-3-4-8-16-13/h3-9H,10H2,1-2H3,(H,18,19). The van der Waals surface area contributed by atoms with E-state index in [1.165, 1.54) is 0 Å². The first-order valence-corrected chi connectivity index (χ1v) is 6.03. The highest BCUT2D eigenvalue weighted by atomic mass is 16.4. The number of hydrogen-bond donors (Lipinski definition) is 1. The maximum absolute atomic E-state index is 10.9. The Kier molecular flexibility index (Phi) is 3.80. The minimum atomic E-state index is -0.901. The molecule has 4 nitrogen and oxygen atoms in total. The smallest absolute Gasteiger partial charge is 0.335 e. The summed E-state index contributed by atoms with van der Waals surface area (Å²) in [6.07, 6.45) is 1.77. The van der Waals surface area contributed by atoms with Crippen molar-refractivity contribution in [1.29, 1.82) is 0 Å². The molecule has 1 N–H and O–H groups in total. The molecule has 0 amide bonds. The van der Waals surface area contributed by atoms with Gasteiger partial charge >= 0.3 is 5.97 Å². The van der Waals surface area contributed by atoms with Crippen LogP contribution in [0, 0.1) is 6.92 Å². The second-order valence-electron chi connectivity index (χ2n) is 4.48.